The van der Waals surface area contributed by atoms with Gasteiger partial charge in [-0.3, -0.25) is 4.57 Å². The highest BCUT2D eigenvalue weighted by atomic mass is 19.1. The number of nitrogens with one attached hydrogen (secondary N) is 2. The maximum Gasteiger partial charge on any atom is 0.326 e. The Hall–Kier alpha value is -2.86. The second-order valence-electron chi connectivity index (χ2n) is 8.09. The minimum absolute atomic E-state index is 0.0346. The van der Waals surface area contributed by atoms with Gasteiger partial charge in [-0.25, -0.2) is 9.18 Å². The van der Waals surface area contributed by atoms with Crippen LogP contribution in [0.2, 0.25) is 0 Å². The van der Waals surface area contributed by atoms with Crippen molar-refractivity contribution in [2.75, 3.05) is 19.6 Å². The van der Waals surface area contributed by atoms with E-state index in [1.165, 1.54) is 11.6 Å². The van der Waals surface area contributed by atoms with Gasteiger partial charge >= 0.3 is 5.69 Å². The minimum atomic E-state index is -0.180. The second kappa shape index (κ2) is 7.52. The monoisotopic (exact) mass is 392 g/mol. The van der Waals surface area contributed by atoms with Crippen molar-refractivity contribution in [3.8, 4) is 0 Å². The summed E-state index contributed by atoms with van der Waals surface area (Å²) in [6.45, 7) is 3.67. The fourth-order valence-electron chi connectivity index (χ4n) is 4.61. The molecule has 0 spiro atoms. The molecule has 29 heavy (non-hydrogen) atoms. The van der Waals surface area contributed by atoms with Crippen molar-refractivity contribution in [2.45, 2.75) is 25.8 Å². The largest absolute Gasteiger partial charge is 0.361 e. The molecule has 0 aliphatic carbocycles. The van der Waals surface area contributed by atoms with Gasteiger partial charge in [-0.2, -0.15) is 0 Å². The highest BCUT2D eigenvalue weighted by molar-refractivity contribution is 5.83. The molecule has 2 N–H and O–H groups in total. The number of fused-ring (bicyclic) bond motifs is 2. The number of aromatic nitrogens is 3. The van der Waals surface area contributed by atoms with E-state index in [-0.39, 0.29) is 11.5 Å². The van der Waals surface area contributed by atoms with Crippen molar-refractivity contribution >= 4 is 21.9 Å². The number of para-hydroxylation sites is 2. The number of likely N-dealkylation sites (tertiary alicyclic amines) is 1. The first-order valence-electron chi connectivity index (χ1n) is 10.3. The summed E-state index contributed by atoms with van der Waals surface area (Å²) >= 11 is 0. The molecule has 150 valence electrons. The van der Waals surface area contributed by atoms with E-state index >= 15 is 0 Å². The van der Waals surface area contributed by atoms with Crippen molar-refractivity contribution < 1.29 is 4.39 Å². The number of benzene rings is 2. The van der Waals surface area contributed by atoms with Gasteiger partial charge in [0.15, 0.2) is 0 Å². The predicted molar refractivity (Wildman–Crippen MR) is 114 cm³/mol. The quantitative estimate of drug-likeness (QED) is 0.541. The van der Waals surface area contributed by atoms with Crippen LogP contribution in [0, 0.1) is 11.7 Å². The summed E-state index contributed by atoms with van der Waals surface area (Å²) < 4.78 is 15.4. The lowest BCUT2D eigenvalue weighted by Crippen LogP contribution is -2.37. The normalized spacial score (nSPS) is 16.2. The van der Waals surface area contributed by atoms with Crippen LogP contribution in [0.1, 0.15) is 18.4 Å². The smallest absolute Gasteiger partial charge is 0.326 e. The molecule has 1 aliphatic rings. The average Bonchev–Trinajstić information content (AvgIpc) is 3.27. The van der Waals surface area contributed by atoms with Crippen LogP contribution in [-0.2, 0) is 13.0 Å². The Kier molecular flexibility index (Phi) is 4.72. The molecule has 1 fully saturated rings. The van der Waals surface area contributed by atoms with Gasteiger partial charge in [0.1, 0.15) is 5.82 Å². The van der Waals surface area contributed by atoms with E-state index in [4.69, 9.17) is 0 Å². The number of aromatic amines is 2. The lowest BCUT2D eigenvalue weighted by molar-refractivity contribution is 0.179. The maximum absolute atomic E-state index is 13.6. The lowest BCUT2D eigenvalue weighted by Gasteiger charge is -2.32. The van der Waals surface area contributed by atoms with Crippen molar-refractivity contribution in [2.24, 2.45) is 5.92 Å². The first-order valence-corrected chi connectivity index (χ1v) is 10.3. The van der Waals surface area contributed by atoms with E-state index < -0.39 is 0 Å². The number of halogens is 1. The zero-order valence-electron chi connectivity index (χ0n) is 16.3. The van der Waals surface area contributed by atoms with Crippen LogP contribution in [0.25, 0.3) is 21.9 Å². The third-order valence-corrected chi connectivity index (χ3v) is 6.27. The van der Waals surface area contributed by atoms with Gasteiger partial charge in [0.2, 0.25) is 0 Å². The summed E-state index contributed by atoms with van der Waals surface area (Å²) in [5.41, 5.74) is 4.05. The zero-order chi connectivity index (χ0) is 19.8. The number of nitrogens with zero attached hydrogens (tertiary/aromatic N) is 2. The molecular formula is C23H25FN4O. The van der Waals surface area contributed by atoms with Gasteiger partial charge < -0.3 is 14.9 Å². The molecule has 0 amide bonds. The van der Waals surface area contributed by atoms with Gasteiger partial charge in [-0.15, -0.1) is 0 Å². The van der Waals surface area contributed by atoms with E-state index in [0.717, 1.165) is 60.8 Å². The van der Waals surface area contributed by atoms with E-state index in [9.17, 15) is 9.18 Å². The zero-order valence-corrected chi connectivity index (χ0v) is 16.3. The summed E-state index contributed by atoms with van der Waals surface area (Å²) in [6.07, 6.45) is 5.27. The highest BCUT2D eigenvalue weighted by Gasteiger charge is 2.21. The maximum atomic E-state index is 13.6. The molecule has 0 atom stereocenters. The first-order chi connectivity index (χ1) is 14.2. The average molecular weight is 392 g/mol. The Morgan fingerprint density at radius 3 is 2.72 bits per heavy atom. The summed E-state index contributed by atoms with van der Waals surface area (Å²) in [6, 6.07) is 12.8. The molecular weight excluding hydrogens is 367 g/mol. The molecule has 0 bridgehead atoms. The number of rotatable bonds is 5. The predicted octanol–water partition coefficient (Wildman–Crippen LogP) is 3.90. The molecule has 5 nitrogen and oxygen atoms in total. The molecule has 6 heteroatoms. The Labute approximate surface area is 168 Å². The van der Waals surface area contributed by atoms with Crippen LogP contribution in [0.3, 0.4) is 0 Å². The molecule has 4 aromatic rings. The third kappa shape index (κ3) is 3.60. The van der Waals surface area contributed by atoms with Crippen molar-refractivity contribution in [1.29, 1.82) is 0 Å². The van der Waals surface area contributed by atoms with Crippen LogP contribution >= 0.6 is 0 Å². The molecule has 0 unspecified atom stereocenters. The van der Waals surface area contributed by atoms with E-state index in [1.807, 2.05) is 41.1 Å². The summed E-state index contributed by atoms with van der Waals surface area (Å²) in [5.74, 6) is 0.435. The van der Waals surface area contributed by atoms with E-state index in [1.54, 1.807) is 6.07 Å². The number of hydrogen-bond donors (Lipinski definition) is 2. The number of H-pyrrole nitrogens is 2. The Bertz CT molecular complexity index is 1200. The van der Waals surface area contributed by atoms with E-state index in [0.29, 0.717) is 12.5 Å². The SMILES string of the molecule is O=c1[nH]c2ccccc2n1CCN1CCC(Cc2c[nH]c3ccc(F)cc23)CC1. The summed E-state index contributed by atoms with van der Waals surface area (Å²) in [5, 5.41) is 1.01. The first kappa shape index (κ1) is 18.2. The molecule has 2 aromatic heterocycles. The number of piperidine rings is 1. The fourth-order valence-corrected chi connectivity index (χ4v) is 4.61. The van der Waals surface area contributed by atoms with Gasteiger partial charge in [0.05, 0.1) is 11.0 Å². The molecule has 1 aliphatic heterocycles. The van der Waals surface area contributed by atoms with Gasteiger partial charge in [-0.05, 0) is 74.2 Å². The molecule has 2 aromatic carbocycles. The second-order valence-corrected chi connectivity index (χ2v) is 8.09. The lowest BCUT2D eigenvalue weighted by atomic mass is 9.90. The van der Waals surface area contributed by atoms with Crippen molar-refractivity contribution in [3.05, 3.63) is 70.5 Å². The van der Waals surface area contributed by atoms with Crippen LogP contribution in [0.15, 0.2) is 53.5 Å². The molecule has 1 saturated heterocycles. The summed E-state index contributed by atoms with van der Waals surface area (Å²) in [7, 11) is 0. The Morgan fingerprint density at radius 1 is 1.03 bits per heavy atom. The molecule has 0 saturated carbocycles. The molecule has 0 radical (unpaired) electrons. The van der Waals surface area contributed by atoms with Gasteiger partial charge in [-0.1, -0.05) is 12.1 Å². The Balaban J connectivity index is 1.19. The van der Waals surface area contributed by atoms with Gasteiger partial charge in [0, 0.05) is 30.2 Å². The van der Waals surface area contributed by atoms with Crippen LogP contribution in [-0.4, -0.2) is 39.1 Å². The fraction of sp³-hybridized carbons (Fsp3) is 0.348. The van der Waals surface area contributed by atoms with Crippen molar-refractivity contribution in [1.82, 2.24) is 19.4 Å². The highest BCUT2D eigenvalue weighted by Crippen LogP contribution is 2.26. The molecule has 3 heterocycles. The van der Waals surface area contributed by atoms with Crippen LogP contribution < -0.4 is 5.69 Å². The van der Waals surface area contributed by atoms with Crippen molar-refractivity contribution in [3.63, 3.8) is 0 Å². The van der Waals surface area contributed by atoms with Crippen LogP contribution in [0.5, 0.6) is 0 Å². The summed E-state index contributed by atoms with van der Waals surface area (Å²) in [4.78, 5) is 20.9. The minimum Gasteiger partial charge on any atom is -0.361 e. The standard InChI is InChI=1S/C23H25FN4O/c24-18-5-6-20-19(14-18)17(15-25-20)13-16-7-9-27(10-8-16)11-12-28-22-4-2-1-3-21(22)26-23(28)29/h1-6,14-16,25H,7-13H2,(H,26,29). The third-order valence-electron chi connectivity index (χ3n) is 6.27. The molecule has 5 rings (SSSR count). The number of imidazole rings is 1. The van der Waals surface area contributed by atoms with Gasteiger partial charge in [0.25, 0.3) is 0 Å². The topological polar surface area (TPSA) is 56.8 Å². The Morgan fingerprint density at radius 2 is 1.86 bits per heavy atom. The number of hydrogen-bond acceptors (Lipinski definition) is 2. The van der Waals surface area contributed by atoms with E-state index in [2.05, 4.69) is 14.9 Å². The van der Waals surface area contributed by atoms with Crippen LogP contribution in [0.4, 0.5) is 4.39 Å².